The zero-order valence-corrected chi connectivity index (χ0v) is 19.7. The van der Waals surface area contributed by atoms with Crippen molar-refractivity contribution in [3.63, 3.8) is 0 Å². The topological polar surface area (TPSA) is 41.1 Å². The Labute approximate surface area is 188 Å². The molecule has 5 unspecified atom stereocenters. The van der Waals surface area contributed by atoms with E-state index in [9.17, 15) is 18.0 Å². The van der Waals surface area contributed by atoms with Gasteiger partial charge in [0.1, 0.15) is 5.54 Å². The van der Waals surface area contributed by atoms with Gasteiger partial charge in [0.05, 0.1) is 5.56 Å². The summed E-state index contributed by atoms with van der Waals surface area (Å²) in [5, 5.41) is 3.33. The van der Waals surface area contributed by atoms with E-state index in [1.54, 1.807) is 0 Å². The van der Waals surface area contributed by atoms with Crippen LogP contribution in [0, 0.1) is 23.7 Å². The van der Waals surface area contributed by atoms with E-state index < -0.39 is 17.3 Å². The molecule has 7 heteroatoms. The van der Waals surface area contributed by atoms with Crippen LogP contribution in [-0.2, 0) is 11.0 Å². The predicted molar refractivity (Wildman–Crippen MR) is 119 cm³/mol. The number of carbonyl (C=O) groups excluding carboxylic acids is 1. The molecule has 0 heterocycles. The predicted octanol–water partition coefficient (Wildman–Crippen LogP) is 6.44. The molecule has 2 saturated carbocycles. The Morgan fingerprint density at radius 3 is 2.23 bits per heavy atom. The summed E-state index contributed by atoms with van der Waals surface area (Å²) in [6.45, 7) is 8.20. The Morgan fingerprint density at radius 2 is 1.65 bits per heavy atom. The minimum atomic E-state index is -4.35. The lowest BCUT2D eigenvalue weighted by molar-refractivity contribution is -0.137. The van der Waals surface area contributed by atoms with E-state index in [1.165, 1.54) is 49.8 Å². The molecule has 174 valence electrons. The largest absolute Gasteiger partial charge is 0.416 e. The third-order valence-corrected chi connectivity index (χ3v) is 8.06. The number of carbonyl (C=O) groups is 1. The quantitative estimate of drug-likeness (QED) is 0.484. The highest BCUT2D eigenvalue weighted by Crippen LogP contribution is 2.43. The van der Waals surface area contributed by atoms with Gasteiger partial charge in [-0.1, -0.05) is 20.3 Å². The van der Waals surface area contributed by atoms with E-state index >= 15 is 0 Å². The molecule has 0 saturated heterocycles. The van der Waals surface area contributed by atoms with Crippen molar-refractivity contribution in [2.24, 2.45) is 23.7 Å². The molecule has 2 aliphatic carbocycles. The summed E-state index contributed by atoms with van der Waals surface area (Å²) >= 11 is 1.19. The van der Waals surface area contributed by atoms with Crippen LogP contribution in [0.3, 0.4) is 0 Å². The van der Waals surface area contributed by atoms with Gasteiger partial charge < -0.3 is 5.32 Å². The SMILES string of the molecule is CCC1CC2CC(C)CC(C2)CC1NC(=O)C(C)(C)NSc1ccc(C(F)(F)F)cc1. The maximum atomic E-state index is 13.1. The molecule has 0 radical (unpaired) electrons. The highest BCUT2D eigenvalue weighted by molar-refractivity contribution is 7.97. The molecule has 1 aromatic carbocycles. The molecule has 2 N–H and O–H groups in total. The van der Waals surface area contributed by atoms with E-state index in [0.29, 0.717) is 16.7 Å². The van der Waals surface area contributed by atoms with Crippen molar-refractivity contribution in [2.75, 3.05) is 0 Å². The number of amides is 1. The van der Waals surface area contributed by atoms with Gasteiger partial charge in [-0.3, -0.25) is 4.79 Å². The lowest BCUT2D eigenvalue weighted by Crippen LogP contribution is -2.54. The molecule has 3 rings (SSSR count). The summed E-state index contributed by atoms with van der Waals surface area (Å²) in [6, 6.07) is 5.17. The number of fused-ring (bicyclic) bond motifs is 2. The number of benzene rings is 1. The Bertz CT molecular complexity index is 750. The molecule has 2 aliphatic rings. The van der Waals surface area contributed by atoms with Crippen molar-refractivity contribution in [2.45, 2.75) is 88.9 Å². The van der Waals surface area contributed by atoms with Crippen LogP contribution in [-0.4, -0.2) is 17.5 Å². The van der Waals surface area contributed by atoms with Crippen LogP contribution < -0.4 is 10.0 Å². The number of hydrogen-bond donors (Lipinski definition) is 2. The smallest absolute Gasteiger partial charge is 0.351 e. The highest BCUT2D eigenvalue weighted by Gasteiger charge is 2.38. The molecule has 3 nitrogen and oxygen atoms in total. The van der Waals surface area contributed by atoms with E-state index in [-0.39, 0.29) is 11.9 Å². The zero-order chi connectivity index (χ0) is 22.8. The van der Waals surface area contributed by atoms with Crippen molar-refractivity contribution in [1.82, 2.24) is 10.0 Å². The van der Waals surface area contributed by atoms with E-state index in [1.807, 2.05) is 13.8 Å². The van der Waals surface area contributed by atoms with Crippen molar-refractivity contribution in [3.8, 4) is 0 Å². The summed E-state index contributed by atoms with van der Waals surface area (Å²) in [4.78, 5) is 13.8. The standard InChI is InChI=1S/C24H35F3N2OS/c1-5-18-13-16-10-15(2)11-17(12-16)14-21(18)28-22(30)23(3,4)29-31-20-8-6-19(7-9-20)24(25,26)27/h6-9,15-18,21,29H,5,10-14H2,1-4H3,(H,28,30). The fraction of sp³-hybridized carbons (Fsp3) is 0.708. The van der Waals surface area contributed by atoms with E-state index in [2.05, 4.69) is 23.9 Å². The van der Waals surface area contributed by atoms with Crippen LogP contribution in [0.4, 0.5) is 13.2 Å². The van der Waals surface area contributed by atoms with Crippen LogP contribution in [0.2, 0.25) is 0 Å². The average Bonchev–Trinajstić information content (AvgIpc) is 2.81. The Kier molecular flexibility index (Phi) is 7.67. The molecule has 5 atom stereocenters. The molecule has 31 heavy (non-hydrogen) atoms. The first-order valence-electron chi connectivity index (χ1n) is 11.4. The molecule has 2 fully saturated rings. The second-order valence-electron chi connectivity index (χ2n) is 10.1. The number of rotatable bonds is 6. The molecule has 2 bridgehead atoms. The molecular weight excluding hydrogens is 421 g/mol. The van der Waals surface area contributed by atoms with Crippen molar-refractivity contribution in [1.29, 1.82) is 0 Å². The number of alkyl halides is 3. The van der Waals surface area contributed by atoms with Gasteiger partial charge in [-0.15, -0.1) is 0 Å². The lowest BCUT2D eigenvalue weighted by Gasteiger charge is -2.32. The third kappa shape index (κ3) is 6.41. The third-order valence-electron chi connectivity index (χ3n) is 6.94. The van der Waals surface area contributed by atoms with Gasteiger partial charge in [0.15, 0.2) is 0 Å². The molecular formula is C24H35F3N2OS. The van der Waals surface area contributed by atoms with Gasteiger partial charge in [-0.05, 0) is 106 Å². The van der Waals surface area contributed by atoms with Crippen LogP contribution in [0.1, 0.15) is 71.8 Å². The number of hydrogen-bond acceptors (Lipinski definition) is 3. The van der Waals surface area contributed by atoms with E-state index in [4.69, 9.17) is 0 Å². The summed E-state index contributed by atoms with van der Waals surface area (Å²) in [7, 11) is 0. The molecule has 0 spiro atoms. The first kappa shape index (κ1) is 24.4. The summed E-state index contributed by atoms with van der Waals surface area (Å²) in [6.07, 6.45) is 2.81. The van der Waals surface area contributed by atoms with E-state index in [0.717, 1.165) is 36.8 Å². The van der Waals surface area contributed by atoms with Gasteiger partial charge in [-0.25, -0.2) is 4.72 Å². The normalized spacial score (nSPS) is 29.3. The molecule has 0 aromatic heterocycles. The maximum absolute atomic E-state index is 13.1. The second kappa shape index (κ2) is 9.74. The second-order valence-corrected chi connectivity index (χ2v) is 11.0. The van der Waals surface area contributed by atoms with Crippen LogP contribution in [0.25, 0.3) is 0 Å². The fourth-order valence-electron chi connectivity index (χ4n) is 5.35. The van der Waals surface area contributed by atoms with Gasteiger partial charge >= 0.3 is 6.18 Å². The Morgan fingerprint density at radius 1 is 1.03 bits per heavy atom. The van der Waals surface area contributed by atoms with Gasteiger partial charge in [0.2, 0.25) is 5.91 Å². The first-order chi connectivity index (χ1) is 14.5. The maximum Gasteiger partial charge on any atom is 0.416 e. The first-order valence-corrected chi connectivity index (χ1v) is 12.2. The van der Waals surface area contributed by atoms with Gasteiger partial charge in [0, 0.05) is 10.9 Å². The number of halogens is 3. The molecule has 0 aliphatic heterocycles. The fourth-order valence-corrected chi connectivity index (χ4v) is 6.09. The minimum absolute atomic E-state index is 0.0557. The average molecular weight is 457 g/mol. The minimum Gasteiger partial charge on any atom is -0.351 e. The van der Waals surface area contributed by atoms with Crippen LogP contribution in [0.15, 0.2) is 29.2 Å². The van der Waals surface area contributed by atoms with Gasteiger partial charge in [-0.2, -0.15) is 13.2 Å². The van der Waals surface area contributed by atoms with Gasteiger partial charge in [0.25, 0.3) is 0 Å². The van der Waals surface area contributed by atoms with Crippen LogP contribution >= 0.6 is 11.9 Å². The van der Waals surface area contributed by atoms with Crippen molar-refractivity contribution >= 4 is 17.9 Å². The number of nitrogens with one attached hydrogen (secondary N) is 2. The Balaban J connectivity index is 1.60. The molecule has 1 aromatic rings. The van der Waals surface area contributed by atoms with Crippen molar-refractivity contribution < 1.29 is 18.0 Å². The zero-order valence-electron chi connectivity index (χ0n) is 18.9. The van der Waals surface area contributed by atoms with Crippen LogP contribution in [0.5, 0.6) is 0 Å². The summed E-state index contributed by atoms with van der Waals surface area (Å²) in [5.74, 6) is 2.69. The lowest BCUT2D eigenvalue weighted by atomic mass is 9.75. The monoisotopic (exact) mass is 456 g/mol. The summed E-state index contributed by atoms with van der Waals surface area (Å²) < 4.78 is 41.4. The van der Waals surface area contributed by atoms with Crippen molar-refractivity contribution in [3.05, 3.63) is 29.8 Å². The highest BCUT2D eigenvalue weighted by atomic mass is 32.2. The molecule has 1 amide bonds. The summed E-state index contributed by atoms with van der Waals surface area (Å²) in [5.41, 5.74) is -1.52. The Hall–Kier alpha value is -1.21.